The van der Waals surface area contributed by atoms with Crippen LogP contribution in [0.4, 0.5) is 0 Å². The third kappa shape index (κ3) is 6.48. The molecule has 0 aromatic heterocycles. The molecule has 0 unspecified atom stereocenters. The molecule has 1 aliphatic rings. The molecule has 20 heavy (non-hydrogen) atoms. The van der Waals surface area contributed by atoms with Crippen molar-refractivity contribution in [3.05, 3.63) is 0 Å². The van der Waals surface area contributed by atoms with E-state index in [1.54, 1.807) is 0 Å². The minimum atomic E-state index is -1.05. The van der Waals surface area contributed by atoms with E-state index in [4.69, 9.17) is 15.3 Å². The summed E-state index contributed by atoms with van der Waals surface area (Å²) >= 11 is 0. The zero-order valence-corrected chi connectivity index (χ0v) is 11.2. The Hall–Kier alpha value is -1.67. The highest BCUT2D eigenvalue weighted by atomic mass is 16.4. The number of aliphatic carboxylic acids is 3. The lowest BCUT2D eigenvalue weighted by Crippen LogP contribution is -2.43. The summed E-state index contributed by atoms with van der Waals surface area (Å²) in [7, 11) is 0. The largest absolute Gasteiger partial charge is 0.480 e. The van der Waals surface area contributed by atoms with Crippen molar-refractivity contribution in [2.45, 2.75) is 12.8 Å². The Balaban J connectivity index is 2.40. The Kier molecular flexibility index (Phi) is 6.40. The molecule has 1 fully saturated rings. The molecule has 0 radical (unpaired) electrons. The fourth-order valence-electron chi connectivity index (χ4n) is 2.45. The summed E-state index contributed by atoms with van der Waals surface area (Å²) in [6.45, 7) is 1.14. The van der Waals surface area contributed by atoms with Crippen LogP contribution < -0.4 is 0 Å². The molecule has 0 spiro atoms. The van der Waals surface area contributed by atoms with Gasteiger partial charge in [-0.05, 0) is 31.8 Å². The molecule has 0 aliphatic carbocycles. The van der Waals surface area contributed by atoms with Crippen molar-refractivity contribution < 1.29 is 29.7 Å². The fraction of sp³-hybridized carbons (Fsp3) is 0.750. The normalized spacial score (nSPS) is 17.2. The van der Waals surface area contributed by atoms with Crippen molar-refractivity contribution in [2.75, 3.05) is 39.3 Å². The van der Waals surface area contributed by atoms with E-state index in [1.807, 2.05) is 4.90 Å². The van der Waals surface area contributed by atoms with Gasteiger partial charge in [0.15, 0.2) is 0 Å². The molecule has 3 N–H and O–H groups in total. The smallest absolute Gasteiger partial charge is 0.317 e. The van der Waals surface area contributed by atoms with Gasteiger partial charge in [-0.15, -0.1) is 0 Å². The van der Waals surface area contributed by atoms with Gasteiger partial charge in [-0.3, -0.25) is 24.2 Å². The Morgan fingerprint density at radius 1 is 0.950 bits per heavy atom. The SMILES string of the molecule is O=C(O)CN1CCC(CN(CC(=O)O)CC(=O)O)CC1. The first-order valence-corrected chi connectivity index (χ1v) is 6.47. The number of carbonyl (C=O) groups is 3. The molecule has 114 valence electrons. The molecule has 8 heteroatoms. The van der Waals surface area contributed by atoms with Gasteiger partial charge in [0.2, 0.25) is 0 Å². The van der Waals surface area contributed by atoms with E-state index in [0.717, 1.165) is 12.8 Å². The first-order valence-electron chi connectivity index (χ1n) is 6.47. The van der Waals surface area contributed by atoms with Gasteiger partial charge in [-0.25, -0.2) is 0 Å². The fourth-order valence-corrected chi connectivity index (χ4v) is 2.45. The van der Waals surface area contributed by atoms with E-state index >= 15 is 0 Å². The van der Waals surface area contributed by atoms with Crippen molar-refractivity contribution in [3.63, 3.8) is 0 Å². The molecule has 8 nitrogen and oxygen atoms in total. The molecular weight excluding hydrogens is 268 g/mol. The van der Waals surface area contributed by atoms with E-state index in [0.29, 0.717) is 19.6 Å². The molecule has 1 saturated heterocycles. The maximum atomic E-state index is 10.7. The van der Waals surface area contributed by atoms with Crippen LogP contribution >= 0.6 is 0 Å². The second kappa shape index (κ2) is 7.81. The molecule has 0 bridgehead atoms. The highest BCUT2D eigenvalue weighted by Gasteiger charge is 2.24. The van der Waals surface area contributed by atoms with E-state index in [1.165, 1.54) is 4.90 Å². The van der Waals surface area contributed by atoms with Crippen LogP contribution in [-0.2, 0) is 14.4 Å². The molecule has 0 saturated carbocycles. The number of likely N-dealkylation sites (tertiary alicyclic amines) is 1. The highest BCUT2D eigenvalue weighted by Crippen LogP contribution is 2.18. The van der Waals surface area contributed by atoms with Crippen LogP contribution in [0, 0.1) is 5.92 Å². The van der Waals surface area contributed by atoms with Gasteiger partial charge in [-0.1, -0.05) is 0 Å². The summed E-state index contributed by atoms with van der Waals surface area (Å²) in [5.41, 5.74) is 0. The third-order valence-corrected chi connectivity index (χ3v) is 3.30. The Bertz CT molecular complexity index is 349. The minimum Gasteiger partial charge on any atom is -0.480 e. The standard InChI is InChI=1S/C12H20N2O6/c15-10(16)6-13-3-1-9(2-4-13)5-14(7-11(17)18)8-12(19)20/h9H,1-8H2,(H,15,16)(H,17,18)(H,19,20). The molecule has 1 heterocycles. The molecule has 1 rings (SSSR count). The first kappa shape index (κ1) is 16.4. The second-order valence-electron chi connectivity index (χ2n) is 5.07. The summed E-state index contributed by atoms with van der Waals surface area (Å²) in [6.07, 6.45) is 1.51. The molecule has 0 atom stereocenters. The van der Waals surface area contributed by atoms with E-state index in [9.17, 15) is 14.4 Å². The molecule has 0 aromatic rings. The van der Waals surface area contributed by atoms with Gasteiger partial charge in [-0.2, -0.15) is 0 Å². The minimum absolute atomic E-state index is 0.0146. The van der Waals surface area contributed by atoms with Crippen molar-refractivity contribution in [3.8, 4) is 0 Å². The van der Waals surface area contributed by atoms with Crippen LogP contribution in [0.3, 0.4) is 0 Å². The van der Waals surface area contributed by atoms with E-state index in [2.05, 4.69) is 0 Å². The van der Waals surface area contributed by atoms with E-state index < -0.39 is 17.9 Å². The Labute approximate surface area is 116 Å². The third-order valence-electron chi connectivity index (χ3n) is 3.30. The summed E-state index contributed by atoms with van der Waals surface area (Å²) in [5.74, 6) is -2.75. The molecule has 0 aromatic carbocycles. The number of nitrogens with zero attached hydrogens (tertiary/aromatic N) is 2. The lowest BCUT2D eigenvalue weighted by Gasteiger charge is -2.33. The van der Waals surface area contributed by atoms with Gasteiger partial charge in [0, 0.05) is 6.54 Å². The monoisotopic (exact) mass is 288 g/mol. The number of hydrogen-bond donors (Lipinski definition) is 3. The van der Waals surface area contributed by atoms with Crippen molar-refractivity contribution in [2.24, 2.45) is 5.92 Å². The maximum Gasteiger partial charge on any atom is 0.317 e. The van der Waals surface area contributed by atoms with Crippen LogP contribution in [0.25, 0.3) is 0 Å². The predicted octanol–water partition coefficient (Wildman–Crippen LogP) is -0.746. The van der Waals surface area contributed by atoms with Crippen LogP contribution in [-0.4, -0.2) is 82.3 Å². The van der Waals surface area contributed by atoms with Crippen LogP contribution in [0.15, 0.2) is 0 Å². The van der Waals surface area contributed by atoms with Crippen LogP contribution in [0.2, 0.25) is 0 Å². The summed E-state index contributed by atoms with van der Waals surface area (Å²) in [4.78, 5) is 35.2. The summed E-state index contributed by atoms with van der Waals surface area (Å²) < 4.78 is 0. The average Bonchev–Trinajstić information content (AvgIpc) is 2.29. The maximum absolute atomic E-state index is 10.7. The zero-order valence-electron chi connectivity index (χ0n) is 11.2. The van der Waals surface area contributed by atoms with Gasteiger partial charge >= 0.3 is 17.9 Å². The topological polar surface area (TPSA) is 118 Å². The first-order chi connectivity index (χ1) is 9.36. The van der Waals surface area contributed by atoms with Crippen LogP contribution in [0.1, 0.15) is 12.8 Å². The lowest BCUT2D eigenvalue weighted by molar-refractivity contribution is -0.143. The van der Waals surface area contributed by atoms with Crippen molar-refractivity contribution in [1.29, 1.82) is 0 Å². The average molecular weight is 288 g/mol. The van der Waals surface area contributed by atoms with Gasteiger partial charge in [0.05, 0.1) is 19.6 Å². The Morgan fingerprint density at radius 2 is 1.45 bits per heavy atom. The second-order valence-corrected chi connectivity index (χ2v) is 5.07. The number of carboxylic acids is 3. The van der Waals surface area contributed by atoms with Gasteiger partial charge in [0.1, 0.15) is 0 Å². The van der Waals surface area contributed by atoms with Gasteiger partial charge in [0.25, 0.3) is 0 Å². The predicted molar refractivity (Wildman–Crippen MR) is 68.5 cm³/mol. The quantitative estimate of drug-likeness (QED) is 0.534. The Morgan fingerprint density at radius 3 is 1.85 bits per heavy atom. The molecule has 1 aliphatic heterocycles. The molecule has 0 amide bonds. The lowest BCUT2D eigenvalue weighted by atomic mass is 9.96. The van der Waals surface area contributed by atoms with Gasteiger partial charge < -0.3 is 15.3 Å². The highest BCUT2D eigenvalue weighted by molar-refractivity contribution is 5.72. The van der Waals surface area contributed by atoms with Crippen LogP contribution in [0.5, 0.6) is 0 Å². The number of hydrogen-bond acceptors (Lipinski definition) is 5. The molecular formula is C12H20N2O6. The number of rotatable bonds is 8. The summed E-state index contributed by atoms with van der Waals surface area (Å²) in [5, 5.41) is 26.2. The number of piperidine rings is 1. The number of carboxylic acid groups (broad SMARTS) is 3. The van der Waals surface area contributed by atoms with E-state index in [-0.39, 0.29) is 25.6 Å². The summed E-state index contributed by atoms with van der Waals surface area (Å²) in [6, 6.07) is 0. The van der Waals surface area contributed by atoms with Crippen molar-refractivity contribution >= 4 is 17.9 Å². The van der Waals surface area contributed by atoms with Crippen molar-refractivity contribution in [1.82, 2.24) is 9.80 Å². The zero-order chi connectivity index (χ0) is 15.1.